The number of likely N-dealkylation sites (tertiary alicyclic amines) is 1. The van der Waals surface area contributed by atoms with Crippen LogP contribution in [0.4, 0.5) is 33.2 Å². The Morgan fingerprint density at radius 3 is 1.50 bits per heavy atom. The number of carbonyl (C=O) groups is 2. The number of nitrogens with zero attached hydrogens (tertiary/aromatic N) is 12. The number of hydrogen-bond donors (Lipinski definition) is 1. The van der Waals surface area contributed by atoms with Gasteiger partial charge in [0.05, 0.1) is 36.6 Å². The van der Waals surface area contributed by atoms with Gasteiger partial charge in [-0.2, -0.15) is 5.26 Å². The first-order valence-corrected chi connectivity index (χ1v) is 44.8. The molecule has 2 N–H and O–H groups in total. The minimum atomic E-state index is -0.336. The third-order valence-corrected chi connectivity index (χ3v) is 30.0. The van der Waals surface area contributed by atoms with Gasteiger partial charge in [0.2, 0.25) is 0 Å². The molecule has 7 saturated carbocycles. The SMILES string of the molecule is CCOC(=O)N1CCC(N2CCN(c3cc(C)ccc3C)CC2)CC1.COc1ccc(C#N)cc1N1CCN(CC23CC4C5CC(C2C5)C43)CC1.Cc1ccc(C)c(N2CCN(C3CCCCC3)CC2)c1.Cc1ccccc1N1CCN(C2CCCCC2)CC1.NC(=O)c1ccccc1N1CCN(CC2CC3C=CC2C3)CC1. The highest BCUT2D eigenvalue weighted by Gasteiger charge is 2.79. The van der Waals surface area contributed by atoms with Crippen LogP contribution in [-0.4, -0.2) is 230 Å². The van der Waals surface area contributed by atoms with E-state index in [9.17, 15) is 14.9 Å². The molecule has 17 nitrogen and oxygen atoms in total. The van der Waals surface area contributed by atoms with Crippen LogP contribution >= 0.6 is 0 Å². The number of aryl methyl sites for hydroxylation is 5. The molecule has 2 amide bonds. The number of methoxy groups -OCH3 is 1. The van der Waals surface area contributed by atoms with Gasteiger partial charge in [0.15, 0.2) is 0 Å². The van der Waals surface area contributed by atoms with Crippen molar-refractivity contribution in [2.24, 2.45) is 58.5 Å². The van der Waals surface area contributed by atoms with Crippen molar-refractivity contribution in [3.8, 4) is 11.8 Å². The lowest BCUT2D eigenvalue weighted by Crippen LogP contribution is -2.71. The summed E-state index contributed by atoms with van der Waals surface area (Å²) in [5.41, 5.74) is 20.8. The fraction of sp³-hybridized carbons (Fsp3) is 0.635. The Balaban J connectivity index is 0.000000112. The molecule has 113 heavy (non-hydrogen) atoms. The van der Waals surface area contributed by atoms with E-state index in [2.05, 4.69) is 163 Å². The Bertz CT molecular complexity index is 4010. The Kier molecular flexibility index (Phi) is 26.7. The van der Waals surface area contributed by atoms with Crippen molar-refractivity contribution in [1.29, 1.82) is 5.26 Å². The van der Waals surface area contributed by atoms with Crippen molar-refractivity contribution < 1.29 is 19.1 Å². The molecule has 14 aliphatic rings. The average Bonchev–Trinajstić information content (AvgIpc) is 1.52. The molecule has 610 valence electrons. The normalized spacial score (nSPS) is 28.0. The zero-order chi connectivity index (χ0) is 78.1. The van der Waals surface area contributed by atoms with Gasteiger partial charge in [-0.15, -0.1) is 0 Å². The van der Waals surface area contributed by atoms with Crippen LogP contribution in [0, 0.1) is 98.7 Å². The van der Waals surface area contributed by atoms with Crippen LogP contribution < -0.4 is 35.0 Å². The van der Waals surface area contributed by atoms with Gasteiger partial charge in [-0.05, 0) is 241 Å². The number of amides is 2. The first-order chi connectivity index (χ1) is 55.1. The molecule has 13 fully saturated rings. The second-order valence-corrected chi connectivity index (χ2v) is 36.5. The summed E-state index contributed by atoms with van der Waals surface area (Å²) in [6, 6.07) is 40.4. The lowest BCUT2D eigenvalue weighted by molar-refractivity contribution is -0.254. The summed E-state index contributed by atoms with van der Waals surface area (Å²) in [5.74, 6) is 8.63. The number of benzene rings is 5. The van der Waals surface area contributed by atoms with E-state index in [4.69, 9.17) is 15.2 Å². The van der Waals surface area contributed by atoms with Crippen molar-refractivity contribution in [2.75, 3.05) is 195 Å². The number of primary amides is 1. The maximum absolute atomic E-state index is 11.8. The number of hydrogen-bond acceptors (Lipinski definition) is 15. The van der Waals surface area contributed by atoms with E-state index < -0.39 is 0 Å². The highest BCUT2D eigenvalue weighted by molar-refractivity contribution is 5.98. The number of carbonyl (C=O) groups excluding carboxylic acids is 2. The first-order valence-electron chi connectivity index (χ1n) is 44.8. The molecule has 6 aliphatic heterocycles. The minimum absolute atomic E-state index is 0.152. The topological polar surface area (TPSA) is 138 Å². The Morgan fingerprint density at radius 1 is 0.496 bits per heavy atom. The predicted molar refractivity (Wildman–Crippen MR) is 462 cm³/mol. The maximum Gasteiger partial charge on any atom is 0.409 e. The second kappa shape index (κ2) is 37.3. The van der Waals surface area contributed by atoms with Crippen molar-refractivity contribution in [2.45, 2.75) is 169 Å². The zero-order valence-electron chi connectivity index (χ0n) is 70.1. The molecule has 0 aromatic heterocycles. The number of fused-ring (bicyclic) bond motifs is 5. The van der Waals surface area contributed by atoms with E-state index >= 15 is 0 Å². The number of piperazine rings is 5. The molecule has 5 aromatic rings. The van der Waals surface area contributed by atoms with Gasteiger partial charge < -0.3 is 44.6 Å². The molecule has 6 saturated heterocycles. The fourth-order valence-corrected chi connectivity index (χ4v) is 23.9. The summed E-state index contributed by atoms with van der Waals surface area (Å²) < 4.78 is 10.7. The number of nitrogens with two attached hydrogens (primary N) is 1. The number of allylic oxidation sites excluding steroid dienone is 2. The van der Waals surface area contributed by atoms with Gasteiger partial charge in [-0.1, -0.05) is 105 Å². The highest BCUT2D eigenvalue weighted by Crippen LogP contribution is 2.84. The standard InChI is InChI=1S/C22H27N3O.C20H31N3O2.C19H25N3O.C18H28N2.C17H26N2/c1-26-20-3-2-14(12-23)8-19(20)25-6-4-24(5-7-25)13-22-11-17-15-9-16(21(17)22)18(22)10-15;1-4-25-20(24)23-9-7-18(8-10-23)21-11-13-22(14-12-21)19-15-16(2)5-6-17(19)3;20-19(23)17-3-1-2-4-18(17)22-9-7-21(8-10-22)13-16-12-14-5-6-15(16)11-14;1-15-8-9-16(2)18(14-15)20-12-10-19(11-13-20)17-6-4-3-5-7-17;1-15-7-5-6-10-17(15)19-13-11-18(12-14-19)16-8-3-2-4-9-16/h2-3,8,15-18,21H,4-7,9-11,13H2,1H3;5-6,15,18H,4,7-14H2,1-3H3;1-6,14-16H,7-13H2,(H2,20,23);8-9,14,17H,3-7,10-13H2,1-2H3;5-7,10,16H,2-4,8-9,11-14H2,1H3. The van der Waals surface area contributed by atoms with E-state index in [0.29, 0.717) is 23.8 Å². The quantitative estimate of drug-likeness (QED) is 0.0994. The van der Waals surface area contributed by atoms with E-state index in [1.807, 2.05) is 54.3 Å². The van der Waals surface area contributed by atoms with Crippen LogP contribution in [0.15, 0.2) is 115 Å². The minimum Gasteiger partial charge on any atom is -0.495 e. The predicted octanol–water partition coefficient (Wildman–Crippen LogP) is 15.4. The molecule has 0 spiro atoms. The summed E-state index contributed by atoms with van der Waals surface area (Å²) in [6.07, 6.45) is 28.7. The van der Waals surface area contributed by atoms with Crippen molar-refractivity contribution in [3.63, 3.8) is 0 Å². The molecule has 9 unspecified atom stereocenters. The summed E-state index contributed by atoms with van der Waals surface area (Å²) in [4.78, 5) is 51.1. The molecule has 6 heterocycles. The Morgan fingerprint density at radius 2 is 1.00 bits per heavy atom. The number of ether oxygens (including phenoxy) is 2. The number of piperidine rings is 1. The molecular formula is C96H137N13O4. The number of anilines is 5. The molecule has 5 aromatic carbocycles. The lowest BCUT2D eigenvalue weighted by Gasteiger charge is -2.73. The lowest BCUT2D eigenvalue weighted by atomic mass is 9.32. The Hall–Kier alpha value is -7.33. The largest absolute Gasteiger partial charge is 0.495 e. The monoisotopic (exact) mass is 1540 g/mol. The summed E-state index contributed by atoms with van der Waals surface area (Å²) in [7, 11) is 1.72. The zero-order valence-corrected chi connectivity index (χ0v) is 70.1. The third kappa shape index (κ3) is 18.6. The van der Waals surface area contributed by atoms with Crippen molar-refractivity contribution in [1.82, 2.24) is 29.4 Å². The van der Waals surface area contributed by atoms with Gasteiger partial charge >= 0.3 is 6.09 Å². The van der Waals surface area contributed by atoms with Crippen LogP contribution in [0.25, 0.3) is 0 Å². The second-order valence-electron chi connectivity index (χ2n) is 36.5. The van der Waals surface area contributed by atoms with Crippen LogP contribution in [0.5, 0.6) is 5.75 Å². The van der Waals surface area contributed by atoms with Crippen molar-refractivity contribution in [3.05, 3.63) is 154 Å². The molecular weight excluding hydrogens is 1400 g/mol. The van der Waals surface area contributed by atoms with Crippen LogP contribution in [0.2, 0.25) is 0 Å². The average molecular weight is 1540 g/mol. The summed E-state index contributed by atoms with van der Waals surface area (Å²) in [6.45, 7) is 40.2. The van der Waals surface area contributed by atoms with E-state index in [-0.39, 0.29) is 12.0 Å². The van der Waals surface area contributed by atoms with Gasteiger partial charge in [-0.25, -0.2) is 4.79 Å². The highest BCUT2D eigenvalue weighted by atomic mass is 16.6. The number of nitriles is 1. The maximum atomic E-state index is 11.8. The molecule has 17 heteroatoms. The molecule has 0 radical (unpaired) electrons. The number of rotatable bonds is 15. The third-order valence-electron chi connectivity index (χ3n) is 30.0. The van der Waals surface area contributed by atoms with Crippen molar-refractivity contribution >= 4 is 40.4 Å². The van der Waals surface area contributed by atoms with Gasteiger partial charge in [0, 0.05) is 198 Å². The number of para-hydroxylation sites is 2. The van der Waals surface area contributed by atoms with E-state index in [0.717, 1.165) is 186 Å². The summed E-state index contributed by atoms with van der Waals surface area (Å²) in [5, 5.41) is 9.22. The summed E-state index contributed by atoms with van der Waals surface area (Å²) >= 11 is 0. The van der Waals surface area contributed by atoms with Gasteiger partial charge in [-0.3, -0.25) is 29.3 Å². The molecule has 4 bridgehead atoms. The fourth-order valence-electron chi connectivity index (χ4n) is 23.9. The van der Waals surface area contributed by atoms with Crippen LogP contribution in [0.3, 0.4) is 0 Å². The molecule has 8 aliphatic carbocycles. The van der Waals surface area contributed by atoms with Crippen LogP contribution in [0.1, 0.15) is 160 Å². The Labute approximate surface area is 679 Å². The smallest absolute Gasteiger partial charge is 0.409 e. The first kappa shape index (κ1) is 80.8. The molecule has 9 atom stereocenters. The van der Waals surface area contributed by atoms with Crippen LogP contribution in [-0.2, 0) is 4.74 Å². The van der Waals surface area contributed by atoms with E-state index in [1.165, 1.54) is 187 Å². The van der Waals surface area contributed by atoms with Gasteiger partial charge in [0.1, 0.15) is 5.75 Å². The molecule has 19 rings (SSSR count). The van der Waals surface area contributed by atoms with E-state index in [1.54, 1.807) is 26.4 Å². The van der Waals surface area contributed by atoms with Gasteiger partial charge in [0.25, 0.3) is 5.91 Å².